The zero-order valence-electron chi connectivity index (χ0n) is 8.74. The number of hydrogen-bond donors (Lipinski definition) is 2. The fourth-order valence-corrected chi connectivity index (χ4v) is 1.14. The van der Waals surface area contributed by atoms with Crippen LogP contribution in [0.15, 0.2) is 18.2 Å². The molecule has 5 nitrogen and oxygen atoms in total. The van der Waals surface area contributed by atoms with E-state index in [2.05, 4.69) is 10.1 Å². The zero-order chi connectivity index (χ0) is 11.3. The van der Waals surface area contributed by atoms with E-state index in [0.717, 1.165) is 5.56 Å². The molecule has 5 heteroatoms. The molecule has 3 N–H and O–H groups in total. The fraction of sp³-hybridized carbons (Fsp3) is 0.300. The van der Waals surface area contributed by atoms with Crippen LogP contribution < -0.4 is 15.8 Å². The molecule has 0 heterocycles. The highest BCUT2D eigenvalue weighted by Crippen LogP contribution is 2.21. The van der Waals surface area contributed by atoms with E-state index in [9.17, 15) is 4.79 Å². The van der Waals surface area contributed by atoms with Gasteiger partial charge in [0.2, 0.25) is 0 Å². The van der Waals surface area contributed by atoms with Crippen molar-refractivity contribution in [2.75, 3.05) is 20.0 Å². The van der Waals surface area contributed by atoms with Crippen LogP contribution in [0.1, 0.15) is 5.56 Å². The molecule has 0 saturated heterocycles. The Morgan fingerprint density at radius 2 is 2.20 bits per heavy atom. The smallest absolute Gasteiger partial charge is 0.407 e. The number of anilines is 1. The van der Waals surface area contributed by atoms with E-state index in [1.54, 1.807) is 19.2 Å². The van der Waals surface area contributed by atoms with Crippen molar-refractivity contribution in [3.63, 3.8) is 0 Å². The highest BCUT2D eigenvalue weighted by molar-refractivity contribution is 5.67. The van der Waals surface area contributed by atoms with Crippen molar-refractivity contribution in [2.24, 2.45) is 0 Å². The molecule has 1 rings (SSSR count). The number of carbonyl (C=O) groups excluding carboxylic acids is 1. The predicted octanol–water partition coefficient (Wildman–Crippen LogP) is 1.13. The largest absolute Gasteiger partial charge is 0.495 e. The summed E-state index contributed by atoms with van der Waals surface area (Å²) in [5.41, 5.74) is 7.13. The minimum absolute atomic E-state index is 0.376. The van der Waals surface area contributed by atoms with Crippen LogP contribution >= 0.6 is 0 Å². The summed E-state index contributed by atoms with van der Waals surface area (Å²) in [6, 6.07) is 5.32. The van der Waals surface area contributed by atoms with Gasteiger partial charge < -0.3 is 20.5 Å². The summed E-state index contributed by atoms with van der Waals surface area (Å²) < 4.78 is 9.45. The summed E-state index contributed by atoms with van der Waals surface area (Å²) >= 11 is 0. The van der Waals surface area contributed by atoms with Crippen LogP contribution in [-0.4, -0.2) is 20.3 Å². The summed E-state index contributed by atoms with van der Waals surface area (Å²) in [5.74, 6) is 0.622. The molecule has 0 radical (unpaired) electrons. The molecule has 0 aliphatic carbocycles. The van der Waals surface area contributed by atoms with Crippen LogP contribution in [0.4, 0.5) is 10.5 Å². The predicted molar refractivity (Wildman–Crippen MR) is 56.7 cm³/mol. The number of rotatable bonds is 3. The van der Waals surface area contributed by atoms with Gasteiger partial charge >= 0.3 is 6.09 Å². The highest BCUT2D eigenvalue weighted by Gasteiger charge is 2.02. The normalized spacial score (nSPS) is 9.47. The maximum atomic E-state index is 10.8. The minimum Gasteiger partial charge on any atom is -0.495 e. The average molecular weight is 210 g/mol. The lowest BCUT2D eigenvalue weighted by Gasteiger charge is -2.07. The SMILES string of the molecule is COC(=O)NCc1ccc(OC)c(N)c1. The first-order valence-electron chi connectivity index (χ1n) is 4.41. The summed E-state index contributed by atoms with van der Waals surface area (Å²) in [7, 11) is 2.87. The van der Waals surface area contributed by atoms with Crippen LogP contribution in [-0.2, 0) is 11.3 Å². The van der Waals surface area contributed by atoms with Gasteiger partial charge in [0, 0.05) is 6.54 Å². The first-order valence-corrected chi connectivity index (χ1v) is 4.41. The molecule has 1 amide bonds. The monoisotopic (exact) mass is 210 g/mol. The van der Waals surface area contributed by atoms with Gasteiger partial charge in [0.05, 0.1) is 19.9 Å². The summed E-state index contributed by atoms with van der Waals surface area (Å²) in [4.78, 5) is 10.8. The second kappa shape index (κ2) is 5.09. The van der Waals surface area contributed by atoms with Crippen LogP contribution in [0.3, 0.4) is 0 Å². The van der Waals surface area contributed by atoms with E-state index in [4.69, 9.17) is 10.5 Å². The number of ether oxygens (including phenoxy) is 2. The summed E-state index contributed by atoms with van der Waals surface area (Å²) in [6.07, 6.45) is -0.468. The van der Waals surface area contributed by atoms with Crippen molar-refractivity contribution in [2.45, 2.75) is 6.54 Å². The number of alkyl carbamates (subject to hydrolysis) is 1. The summed E-state index contributed by atoms with van der Waals surface area (Å²) in [5, 5.41) is 2.56. The Morgan fingerprint density at radius 3 is 2.73 bits per heavy atom. The van der Waals surface area contributed by atoms with Crippen LogP contribution in [0.5, 0.6) is 5.75 Å². The number of benzene rings is 1. The second-order valence-corrected chi connectivity index (χ2v) is 2.92. The number of hydrogen-bond acceptors (Lipinski definition) is 4. The Bertz CT molecular complexity index is 353. The number of nitrogen functional groups attached to an aromatic ring is 1. The van der Waals surface area contributed by atoms with Gasteiger partial charge in [0.25, 0.3) is 0 Å². The number of amides is 1. The average Bonchev–Trinajstić information content (AvgIpc) is 2.26. The summed E-state index contributed by atoms with van der Waals surface area (Å²) in [6.45, 7) is 0.376. The van der Waals surface area contributed by atoms with Crippen molar-refractivity contribution < 1.29 is 14.3 Å². The van der Waals surface area contributed by atoms with Crippen molar-refractivity contribution in [1.29, 1.82) is 0 Å². The van der Waals surface area contributed by atoms with Gasteiger partial charge in [-0.15, -0.1) is 0 Å². The molecule has 0 fully saturated rings. The van der Waals surface area contributed by atoms with E-state index >= 15 is 0 Å². The Kier molecular flexibility index (Phi) is 3.79. The van der Waals surface area contributed by atoms with Gasteiger partial charge in [-0.3, -0.25) is 0 Å². The first kappa shape index (κ1) is 11.2. The van der Waals surface area contributed by atoms with Gasteiger partial charge in [0.1, 0.15) is 5.75 Å². The Labute approximate surface area is 88.2 Å². The Balaban J connectivity index is 2.63. The first-order chi connectivity index (χ1) is 7.17. The van der Waals surface area contributed by atoms with Crippen molar-refractivity contribution in [1.82, 2.24) is 5.32 Å². The van der Waals surface area contributed by atoms with Crippen LogP contribution in [0, 0.1) is 0 Å². The molecule has 0 aliphatic rings. The minimum atomic E-state index is -0.468. The van der Waals surface area contributed by atoms with Crippen LogP contribution in [0.25, 0.3) is 0 Å². The van der Waals surface area contributed by atoms with Crippen molar-refractivity contribution >= 4 is 11.8 Å². The third kappa shape index (κ3) is 3.05. The Morgan fingerprint density at radius 1 is 1.47 bits per heavy atom. The van der Waals surface area contributed by atoms with E-state index in [1.165, 1.54) is 7.11 Å². The third-order valence-electron chi connectivity index (χ3n) is 1.92. The second-order valence-electron chi connectivity index (χ2n) is 2.92. The van der Waals surface area contributed by atoms with Crippen LogP contribution in [0.2, 0.25) is 0 Å². The lowest BCUT2D eigenvalue weighted by molar-refractivity contribution is 0.170. The zero-order valence-corrected chi connectivity index (χ0v) is 8.74. The highest BCUT2D eigenvalue weighted by atomic mass is 16.5. The number of methoxy groups -OCH3 is 2. The van der Waals surface area contributed by atoms with Gasteiger partial charge in [-0.1, -0.05) is 6.07 Å². The number of carbonyl (C=O) groups is 1. The maximum Gasteiger partial charge on any atom is 0.407 e. The molecule has 0 aromatic heterocycles. The molecule has 0 atom stereocenters. The lowest BCUT2D eigenvalue weighted by Crippen LogP contribution is -2.22. The van der Waals surface area contributed by atoms with Gasteiger partial charge in [0.15, 0.2) is 0 Å². The topological polar surface area (TPSA) is 73.6 Å². The number of nitrogens with two attached hydrogens (primary N) is 1. The molecular formula is C10H14N2O3. The molecule has 0 spiro atoms. The molecule has 0 aliphatic heterocycles. The van der Waals surface area contributed by atoms with E-state index in [-0.39, 0.29) is 0 Å². The van der Waals surface area contributed by atoms with Gasteiger partial charge in [-0.2, -0.15) is 0 Å². The molecular weight excluding hydrogens is 196 g/mol. The lowest BCUT2D eigenvalue weighted by atomic mass is 10.2. The van der Waals surface area contributed by atoms with Gasteiger partial charge in [-0.05, 0) is 17.7 Å². The van der Waals surface area contributed by atoms with E-state index in [1.807, 2.05) is 6.07 Å². The van der Waals surface area contributed by atoms with Crippen molar-refractivity contribution in [3.05, 3.63) is 23.8 Å². The van der Waals surface area contributed by atoms with E-state index < -0.39 is 6.09 Å². The molecule has 0 saturated carbocycles. The fourth-order valence-electron chi connectivity index (χ4n) is 1.14. The van der Waals surface area contributed by atoms with Gasteiger partial charge in [-0.25, -0.2) is 4.79 Å². The molecule has 15 heavy (non-hydrogen) atoms. The van der Waals surface area contributed by atoms with E-state index in [0.29, 0.717) is 18.0 Å². The molecule has 0 unspecified atom stereocenters. The Hall–Kier alpha value is -1.91. The van der Waals surface area contributed by atoms with Crippen molar-refractivity contribution in [3.8, 4) is 5.75 Å². The number of nitrogens with one attached hydrogen (secondary N) is 1. The molecule has 82 valence electrons. The third-order valence-corrected chi connectivity index (χ3v) is 1.92. The molecule has 1 aromatic carbocycles. The molecule has 1 aromatic rings. The quantitative estimate of drug-likeness (QED) is 0.733. The standard InChI is InChI=1S/C10H14N2O3/c1-14-9-4-3-7(5-8(9)11)6-12-10(13)15-2/h3-5H,6,11H2,1-2H3,(H,12,13). The maximum absolute atomic E-state index is 10.8. The molecule has 0 bridgehead atoms.